The first-order valence-corrected chi connectivity index (χ1v) is 10.5. The van der Waals surface area contributed by atoms with Gasteiger partial charge in [0.25, 0.3) is 5.56 Å². The van der Waals surface area contributed by atoms with Crippen LogP contribution in [0.15, 0.2) is 71.5 Å². The van der Waals surface area contributed by atoms with Gasteiger partial charge in [-0.3, -0.25) is 14.6 Å². The fourth-order valence-electron chi connectivity index (χ4n) is 3.50. The number of nitrogens with zero attached hydrogens (tertiary/aromatic N) is 3. The number of carbonyl (C=O) groups excluding carboxylic acids is 1. The van der Waals surface area contributed by atoms with Crippen LogP contribution in [0.5, 0.6) is 5.75 Å². The molecule has 1 atom stereocenters. The van der Waals surface area contributed by atoms with Crippen LogP contribution in [0.4, 0.5) is 5.69 Å². The van der Waals surface area contributed by atoms with Crippen LogP contribution in [0.2, 0.25) is 0 Å². The molecule has 0 radical (unpaired) electrons. The highest BCUT2D eigenvalue weighted by atomic mass is 16.5. The summed E-state index contributed by atoms with van der Waals surface area (Å²) in [5, 5.41) is 8.22. The molecule has 2 aromatic heterocycles. The Morgan fingerprint density at radius 3 is 2.59 bits per heavy atom. The lowest BCUT2D eigenvalue weighted by Gasteiger charge is -2.16. The van der Waals surface area contributed by atoms with Crippen molar-refractivity contribution < 1.29 is 9.53 Å². The predicted molar refractivity (Wildman–Crippen MR) is 125 cm³/mol. The van der Waals surface area contributed by atoms with Crippen LogP contribution in [0, 0.1) is 6.92 Å². The molecule has 0 aliphatic rings. The van der Waals surface area contributed by atoms with Crippen molar-refractivity contribution in [2.24, 2.45) is 0 Å². The van der Waals surface area contributed by atoms with Gasteiger partial charge in [-0.1, -0.05) is 18.2 Å². The Balaban J connectivity index is 1.62. The number of carbonyl (C=O) groups is 1. The maximum Gasteiger partial charge on any atom is 0.267 e. The van der Waals surface area contributed by atoms with Gasteiger partial charge >= 0.3 is 0 Å². The van der Waals surface area contributed by atoms with Crippen LogP contribution in [-0.2, 0) is 4.79 Å². The molecule has 32 heavy (non-hydrogen) atoms. The Labute approximate surface area is 185 Å². The summed E-state index contributed by atoms with van der Waals surface area (Å²) in [6.45, 7) is 6.04. The largest absolute Gasteiger partial charge is 0.494 e. The number of rotatable bonds is 6. The molecule has 0 fully saturated rings. The normalized spacial score (nSPS) is 11.8. The molecular weight excluding hydrogens is 404 g/mol. The number of hydrogen-bond donors (Lipinski definition) is 1. The maximum absolute atomic E-state index is 13.0. The van der Waals surface area contributed by atoms with E-state index in [0.717, 1.165) is 27.9 Å². The van der Waals surface area contributed by atoms with Crippen molar-refractivity contribution in [2.75, 3.05) is 11.9 Å². The van der Waals surface area contributed by atoms with Gasteiger partial charge in [0.15, 0.2) is 0 Å². The smallest absolute Gasteiger partial charge is 0.267 e. The van der Waals surface area contributed by atoms with Gasteiger partial charge in [0, 0.05) is 22.7 Å². The lowest BCUT2D eigenvalue weighted by atomic mass is 10.1. The van der Waals surface area contributed by atoms with Crippen molar-refractivity contribution >= 4 is 22.5 Å². The van der Waals surface area contributed by atoms with E-state index >= 15 is 0 Å². The van der Waals surface area contributed by atoms with Crippen LogP contribution >= 0.6 is 0 Å². The highest BCUT2D eigenvalue weighted by Crippen LogP contribution is 2.24. The zero-order valence-electron chi connectivity index (χ0n) is 18.2. The van der Waals surface area contributed by atoms with Crippen molar-refractivity contribution in [3.8, 4) is 17.0 Å². The quantitative estimate of drug-likeness (QED) is 0.493. The van der Waals surface area contributed by atoms with Crippen molar-refractivity contribution in [1.82, 2.24) is 14.8 Å². The molecule has 0 bridgehead atoms. The minimum Gasteiger partial charge on any atom is -0.494 e. The molecule has 0 aliphatic carbocycles. The van der Waals surface area contributed by atoms with Gasteiger partial charge in [-0.2, -0.15) is 5.10 Å². The summed E-state index contributed by atoms with van der Waals surface area (Å²) in [4.78, 5) is 30.0. The van der Waals surface area contributed by atoms with Crippen LogP contribution < -0.4 is 15.6 Å². The summed E-state index contributed by atoms with van der Waals surface area (Å²) >= 11 is 0. The number of nitrogens with one attached hydrogen (secondary N) is 1. The Morgan fingerprint density at radius 1 is 1.09 bits per heavy atom. The number of aromatic nitrogens is 3. The summed E-state index contributed by atoms with van der Waals surface area (Å²) in [5.74, 6) is 0.427. The zero-order chi connectivity index (χ0) is 22.7. The predicted octanol–water partition coefficient (Wildman–Crippen LogP) is 4.37. The van der Waals surface area contributed by atoms with E-state index < -0.39 is 6.04 Å². The van der Waals surface area contributed by atoms with Crippen LogP contribution in [0.3, 0.4) is 0 Å². The first kappa shape index (κ1) is 21.2. The monoisotopic (exact) mass is 428 g/mol. The highest BCUT2D eigenvalue weighted by molar-refractivity contribution is 6.02. The Kier molecular flexibility index (Phi) is 5.98. The summed E-state index contributed by atoms with van der Waals surface area (Å²) < 4.78 is 6.68. The molecule has 1 N–H and O–H groups in total. The molecule has 0 aliphatic heterocycles. The van der Waals surface area contributed by atoms with Gasteiger partial charge in [0.05, 0.1) is 23.5 Å². The summed E-state index contributed by atoms with van der Waals surface area (Å²) in [6.07, 6.45) is 0. The van der Waals surface area contributed by atoms with E-state index in [2.05, 4.69) is 15.4 Å². The lowest BCUT2D eigenvalue weighted by molar-refractivity contribution is -0.119. The molecule has 1 unspecified atom stereocenters. The first-order valence-electron chi connectivity index (χ1n) is 10.5. The molecule has 0 saturated heterocycles. The van der Waals surface area contributed by atoms with Crippen molar-refractivity contribution in [1.29, 1.82) is 0 Å². The van der Waals surface area contributed by atoms with Crippen LogP contribution in [0.1, 0.15) is 25.6 Å². The minimum absolute atomic E-state index is 0.334. The number of fused-ring (bicyclic) bond motifs is 1. The minimum atomic E-state index is -0.808. The number of aryl methyl sites for hydroxylation is 1. The fourth-order valence-corrected chi connectivity index (χ4v) is 3.50. The molecule has 1 amide bonds. The second-order valence-electron chi connectivity index (χ2n) is 7.45. The van der Waals surface area contributed by atoms with E-state index in [1.54, 1.807) is 13.0 Å². The van der Waals surface area contributed by atoms with Gasteiger partial charge in [0.2, 0.25) is 5.91 Å². The molecule has 0 spiro atoms. The third kappa shape index (κ3) is 4.37. The summed E-state index contributed by atoms with van der Waals surface area (Å²) in [5.41, 5.74) is 3.31. The molecule has 7 heteroatoms. The molecule has 4 rings (SSSR count). The second-order valence-corrected chi connectivity index (χ2v) is 7.45. The number of hydrogen-bond acceptors (Lipinski definition) is 5. The average molecular weight is 428 g/mol. The van der Waals surface area contributed by atoms with Gasteiger partial charge in [-0.05, 0) is 63.2 Å². The standard InChI is InChI=1S/C25H24N4O3/c1-4-32-19-11-9-18(10-12-19)21-13-14-24(30)29(28-21)17(3)25(31)27-23-15-16(2)26-22-8-6-5-7-20(22)23/h5-15,17H,4H2,1-3H3,(H,26,27,31). The maximum atomic E-state index is 13.0. The molecular formula is C25H24N4O3. The van der Waals surface area contributed by atoms with E-state index in [1.165, 1.54) is 10.7 Å². The van der Waals surface area contributed by atoms with Gasteiger partial charge in [-0.25, -0.2) is 4.68 Å². The Bertz CT molecular complexity index is 1330. The second kappa shape index (κ2) is 9.01. The summed E-state index contributed by atoms with van der Waals surface area (Å²) in [7, 11) is 0. The number of amides is 1. The van der Waals surface area contributed by atoms with Crippen molar-refractivity contribution in [2.45, 2.75) is 26.8 Å². The number of ether oxygens (including phenoxy) is 1. The van der Waals surface area contributed by atoms with Gasteiger partial charge in [-0.15, -0.1) is 0 Å². The number of anilines is 1. The molecule has 0 saturated carbocycles. The first-order chi connectivity index (χ1) is 15.5. The average Bonchev–Trinajstić information content (AvgIpc) is 2.79. The SMILES string of the molecule is CCOc1ccc(-c2ccc(=O)n(C(C)C(=O)Nc3cc(C)nc4ccccc34)n2)cc1. The number of para-hydroxylation sites is 1. The highest BCUT2D eigenvalue weighted by Gasteiger charge is 2.19. The zero-order valence-corrected chi connectivity index (χ0v) is 18.2. The third-order valence-electron chi connectivity index (χ3n) is 5.13. The summed E-state index contributed by atoms with van der Waals surface area (Å²) in [6, 6.07) is 19.1. The number of pyridine rings is 1. The molecule has 4 aromatic rings. The third-order valence-corrected chi connectivity index (χ3v) is 5.13. The van der Waals surface area contributed by atoms with Crippen LogP contribution in [0.25, 0.3) is 22.2 Å². The number of benzene rings is 2. The van der Waals surface area contributed by atoms with E-state index in [-0.39, 0.29) is 11.5 Å². The van der Waals surface area contributed by atoms with Crippen molar-refractivity contribution in [3.05, 3.63) is 82.8 Å². The van der Waals surface area contributed by atoms with E-state index in [0.29, 0.717) is 18.0 Å². The molecule has 2 heterocycles. The van der Waals surface area contributed by atoms with E-state index in [1.807, 2.05) is 68.4 Å². The van der Waals surface area contributed by atoms with Gasteiger partial charge < -0.3 is 10.1 Å². The Morgan fingerprint density at radius 2 is 1.84 bits per heavy atom. The fraction of sp³-hybridized carbons (Fsp3) is 0.200. The van der Waals surface area contributed by atoms with Crippen molar-refractivity contribution in [3.63, 3.8) is 0 Å². The van der Waals surface area contributed by atoms with Crippen LogP contribution in [-0.4, -0.2) is 27.3 Å². The van der Waals surface area contributed by atoms with E-state index in [4.69, 9.17) is 4.74 Å². The topological polar surface area (TPSA) is 86.1 Å². The van der Waals surface area contributed by atoms with E-state index in [9.17, 15) is 9.59 Å². The molecule has 162 valence electrons. The molecule has 2 aromatic carbocycles. The van der Waals surface area contributed by atoms with Gasteiger partial charge in [0.1, 0.15) is 11.8 Å². The lowest BCUT2D eigenvalue weighted by Crippen LogP contribution is -2.33. The molecule has 7 nitrogen and oxygen atoms in total. The Hall–Kier alpha value is -4.00.